The van der Waals surface area contributed by atoms with Crippen LogP contribution in [-0.4, -0.2) is 51.4 Å². The number of aryl methyl sites for hydroxylation is 2. The van der Waals surface area contributed by atoms with Gasteiger partial charge in [-0.1, -0.05) is 13.0 Å². The Morgan fingerprint density at radius 2 is 2.08 bits per heavy atom. The fraction of sp³-hybridized carbons (Fsp3) is 0.308. The van der Waals surface area contributed by atoms with Gasteiger partial charge in [-0.15, -0.1) is 0 Å². The summed E-state index contributed by atoms with van der Waals surface area (Å²) in [4.78, 5) is 26.9. The summed E-state index contributed by atoms with van der Waals surface area (Å²) in [5, 5.41) is 14.6. The van der Waals surface area contributed by atoms with Crippen LogP contribution in [0.2, 0.25) is 0 Å². The summed E-state index contributed by atoms with van der Waals surface area (Å²) in [5.74, 6) is -0.272. The first-order valence-electron chi connectivity index (χ1n) is 11.8. The zero-order valence-electron chi connectivity index (χ0n) is 19.7. The summed E-state index contributed by atoms with van der Waals surface area (Å²) in [5.41, 5.74) is 0.124. The van der Waals surface area contributed by atoms with E-state index in [-0.39, 0.29) is 17.0 Å². The fourth-order valence-electron chi connectivity index (χ4n) is 5.37. The maximum absolute atomic E-state index is 16.1. The second kappa shape index (κ2) is 7.97. The maximum atomic E-state index is 16.1. The highest BCUT2D eigenvalue weighted by Crippen LogP contribution is 2.39. The molecule has 2 aromatic carbocycles. The summed E-state index contributed by atoms with van der Waals surface area (Å²) < 4.78 is 36.3. The second-order valence-electron chi connectivity index (χ2n) is 9.35. The Balaban J connectivity index is 1.52. The molecule has 2 aliphatic heterocycles. The highest BCUT2D eigenvalue weighted by Gasteiger charge is 2.46. The van der Waals surface area contributed by atoms with Crippen LogP contribution in [0.3, 0.4) is 0 Å². The molecule has 0 radical (unpaired) electrons. The molecule has 1 amide bonds. The summed E-state index contributed by atoms with van der Waals surface area (Å²) >= 11 is 0. The van der Waals surface area contributed by atoms with Gasteiger partial charge in [0, 0.05) is 24.7 Å². The van der Waals surface area contributed by atoms with E-state index in [2.05, 4.69) is 20.3 Å². The molecular formula is C26H23F2N5O3. The standard InChI is InChI=1S/C26H23F2N5O3/c1-3-16-19(27)5-4-14-8-15(34)9-17(20(14)16)22-21(28)23-18(10-29-22)24(32-13(2)31-23)33-7-6-26(12-33)11-30-25(35)36-26/h4-5,8-10,34H,3,6-7,11-12H2,1-2H3,(H,30,35). The Hall–Kier alpha value is -4.08. The van der Waals surface area contributed by atoms with Crippen LogP contribution < -0.4 is 10.2 Å². The smallest absolute Gasteiger partial charge is 0.407 e. The number of amides is 1. The molecule has 4 heterocycles. The molecule has 1 spiro atoms. The number of phenolic OH excluding ortho intramolecular Hbond substituents is 1. The number of aromatic hydroxyl groups is 1. The van der Waals surface area contributed by atoms with Crippen molar-refractivity contribution in [3.05, 3.63) is 53.5 Å². The van der Waals surface area contributed by atoms with Crippen molar-refractivity contribution >= 4 is 33.6 Å². The quantitative estimate of drug-likeness (QED) is 0.438. The molecule has 36 heavy (non-hydrogen) atoms. The van der Waals surface area contributed by atoms with Gasteiger partial charge in [0.05, 0.1) is 18.5 Å². The number of pyridine rings is 1. The number of hydrogen-bond acceptors (Lipinski definition) is 7. The van der Waals surface area contributed by atoms with Gasteiger partial charge in [0.25, 0.3) is 0 Å². The number of alkyl carbamates (subject to hydrolysis) is 1. The van der Waals surface area contributed by atoms with Crippen LogP contribution >= 0.6 is 0 Å². The highest BCUT2D eigenvalue weighted by atomic mass is 19.1. The number of carbonyl (C=O) groups is 1. The second-order valence-corrected chi connectivity index (χ2v) is 9.35. The lowest BCUT2D eigenvalue weighted by molar-refractivity contribution is 0.0745. The topological polar surface area (TPSA) is 100 Å². The van der Waals surface area contributed by atoms with E-state index in [4.69, 9.17) is 4.74 Å². The number of nitrogens with zero attached hydrogens (tertiary/aromatic N) is 4. The van der Waals surface area contributed by atoms with E-state index in [1.165, 1.54) is 24.4 Å². The van der Waals surface area contributed by atoms with Crippen molar-refractivity contribution in [2.45, 2.75) is 32.3 Å². The van der Waals surface area contributed by atoms with Crippen LogP contribution in [0.1, 0.15) is 24.7 Å². The zero-order valence-corrected chi connectivity index (χ0v) is 19.7. The lowest BCUT2D eigenvalue weighted by atomic mass is 9.94. The van der Waals surface area contributed by atoms with Crippen LogP contribution in [0.25, 0.3) is 32.9 Å². The van der Waals surface area contributed by atoms with Crippen molar-refractivity contribution in [1.82, 2.24) is 20.3 Å². The molecule has 184 valence electrons. The Morgan fingerprint density at radius 1 is 1.25 bits per heavy atom. The van der Waals surface area contributed by atoms with Gasteiger partial charge in [-0.2, -0.15) is 0 Å². The van der Waals surface area contributed by atoms with Crippen molar-refractivity contribution in [3.63, 3.8) is 0 Å². The molecule has 1 unspecified atom stereocenters. The van der Waals surface area contributed by atoms with Crippen molar-refractivity contribution in [2.24, 2.45) is 0 Å². The number of benzene rings is 2. The summed E-state index contributed by atoms with van der Waals surface area (Å²) in [6.45, 7) is 4.89. The number of halogens is 2. The Kier molecular flexibility index (Phi) is 4.96. The largest absolute Gasteiger partial charge is 0.508 e. The van der Waals surface area contributed by atoms with Gasteiger partial charge in [0.1, 0.15) is 34.4 Å². The Labute approximate surface area is 204 Å². The maximum Gasteiger partial charge on any atom is 0.407 e. The highest BCUT2D eigenvalue weighted by molar-refractivity contribution is 6.01. The van der Waals surface area contributed by atoms with Crippen molar-refractivity contribution < 1.29 is 23.4 Å². The Morgan fingerprint density at radius 3 is 2.83 bits per heavy atom. The lowest BCUT2D eigenvalue weighted by Gasteiger charge is -2.23. The predicted octanol–water partition coefficient (Wildman–Crippen LogP) is 4.39. The van der Waals surface area contributed by atoms with Crippen LogP contribution in [0.15, 0.2) is 30.5 Å². The first kappa shape index (κ1) is 22.4. The first-order chi connectivity index (χ1) is 17.3. The van der Waals surface area contributed by atoms with Gasteiger partial charge in [-0.25, -0.2) is 23.5 Å². The number of nitrogens with one attached hydrogen (secondary N) is 1. The molecule has 10 heteroatoms. The SMILES string of the molecule is CCc1c(F)ccc2cc(O)cc(-c3ncc4c(N5CCC6(CNC(=O)O6)C5)nc(C)nc4c3F)c12. The molecular weight excluding hydrogens is 468 g/mol. The summed E-state index contributed by atoms with van der Waals surface area (Å²) in [6.07, 6.45) is 2.06. The zero-order chi connectivity index (χ0) is 25.2. The van der Waals surface area contributed by atoms with Gasteiger partial charge in [-0.05, 0) is 47.9 Å². The molecule has 2 saturated heterocycles. The third-order valence-electron chi connectivity index (χ3n) is 7.02. The van der Waals surface area contributed by atoms with Crippen molar-refractivity contribution in [3.8, 4) is 17.0 Å². The van der Waals surface area contributed by atoms with Gasteiger partial charge in [-0.3, -0.25) is 4.98 Å². The fourth-order valence-corrected chi connectivity index (χ4v) is 5.37. The summed E-state index contributed by atoms with van der Waals surface area (Å²) in [7, 11) is 0. The van der Waals surface area contributed by atoms with E-state index in [0.29, 0.717) is 71.4 Å². The van der Waals surface area contributed by atoms with E-state index >= 15 is 4.39 Å². The van der Waals surface area contributed by atoms with E-state index in [1.807, 2.05) is 11.8 Å². The summed E-state index contributed by atoms with van der Waals surface area (Å²) in [6, 6.07) is 5.83. The number of anilines is 1. The molecule has 6 rings (SSSR count). The molecule has 2 aliphatic rings. The van der Waals surface area contributed by atoms with Crippen molar-refractivity contribution in [1.29, 1.82) is 0 Å². The first-order valence-corrected chi connectivity index (χ1v) is 11.8. The number of ether oxygens (including phenoxy) is 1. The van der Waals surface area contributed by atoms with Crippen LogP contribution in [0.5, 0.6) is 5.75 Å². The minimum atomic E-state index is -0.680. The molecule has 2 aromatic heterocycles. The number of fused-ring (bicyclic) bond motifs is 2. The van der Waals surface area contributed by atoms with Gasteiger partial charge >= 0.3 is 6.09 Å². The minimum Gasteiger partial charge on any atom is -0.508 e. The molecule has 0 bridgehead atoms. The molecule has 1 atom stereocenters. The van der Waals surface area contributed by atoms with Gasteiger partial charge in [0.15, 0.2) is 11.4 Å². The number of hydrogen-bond donors (Lipinski definition) is 2. The third kappa shape index (κ3) is 3.39. The number of rotatable bonds is 3. The predicted molar refractivity (Wildman–Crippen MR) is 130 cm³/mol. The van der Waals surface area contributed by atoms with E-state index in [0.717, 1.165) is 0 Å². The molecule has 4 aromatic rings. The molecule has 0 aliphatic carbocycles. The molecule has 0 saturated carbocycles. The van der Waals surface area contributed by atoms with E-state index in [1.54, 1.807) is 13.0 Å². The third-order valence-corrected chi connectivity index (χ3v) is 7.02. The number of phenols is 1. The average Bonchev–Trinajstić information content (AvgIpc) is 3.43. The number of carbonyl (C=O) groups excluding carboxylic acids is 1. The van der Waals surface area contributed by atoms with Crippen molar-refractivity contribution in [2.75, 3.05) is 24.5 Å². The lowest BCUT2D eigenvalue weighted by Crippen LogP contribution is -2.37. The average molecular weight is 491 g/mol. The van der Waals surface area contributed by atoms with Crippen LogP contribution in [0.4, 0.5) is 19.4 Å². The normalized spacial score (nSPS) is 19.4. The van der Waals surface area contributed by atoms with Crippen LogP contribution in [-0.2, 0) is 11.2 Å². The van der Waals surface area contributed by atoms with E-state index in [9.17, 15) is 14.3 Å². The number of aromatic nitrogens is 3. The molecule has 8 nitrogen and oxygen atoms in total. The van der Waals surface area contributed by atoms with Crippen LogP contribution in [0, 0.1) is 18.6 Å². The van der Waals surface area contributed by atoms with Gasteiger partial charge < -0.3 is 20.1 Å². The van der Waals surface area contributed by atoms with E-state index < -0.39 is 23.3 Å². The molecule has 2 fully saturated rings. The molecule has 2 N–H and O–H groups in total. The monoisotopic (exact) mass is 491 g/mol. The Bertz CT molecular complexity index is 1580. The van der Waals surface area contributed by atoms with Gasteiger partial charge in [0.2, 0.25) is 0 Å². The minimum absolute atomic E-state index is 0.0282.